The molecule has 5 amide bonds. The number of methoxy groups -OCH3 is 1. The zero-order valence-electron chi connectivity index (χ0n) is 37.8. The second kappa shape index (κ2) is 37.0. The van der Waals surface area contributed by atoms with E-state index in [9.17, 15) is 63.9 Å². The molecule has 0 heterocycles. The highest BCUT2D eigenvalue weighted by atomic mass is 16.5. The summed E-state index contributed by atoms with van der Waals surface area (Å²) in [6.45, 7) is 5.08. The molecule has 0 spiro atoms. The maximum absolute atomic E-state index is 12.8. The Morgan fingerprint density at radius 2 is 1.06 bits per heavy atom. The van der Waals surface area contributed by atoms with Gasteiger partial charge in [0.15, 0.2) is 0 Å². The summed E-state index contributed by atoms with van der Waals surface area (Å²) in [5, 5.41) is 45.8. The molecule has 0 aliphatic heterocycles. The number of rotatable bonds is 41. The molecule has 20 heteroatoms. The van der Waals surface area contributed by atoms with Crippen molar-refractivity contribution in [2.24, 2.45) is 11.8 Å². The van der Waals surface area contributed by atoms with E-state index in [1.165, 1.54) is 6.92 Å². The van der Waals surface area contributed by atoms with E-state index in [1.807, 2.05) is 0 Å². The van der Waals surface area contributed by atoms with Gasteiger partial charge in [0.1, 0.15) is 17.3 Å². The first kappa shape index (κ1) is 58.6. The number of carbonyl (C=O) groups excluding carboxylic acids is 8. The van der Waals surface area contributed by atoms with Crippen LogP contribution in [0.3, 0.4) is 0 Å². The average Bonchev–Trinajstić information content (AvgIpc) is 3.24. The highest BCUT2D eigenvalue weighted by Gasteiger charge is 2.27. The number of nitrogens with one attached hydrogen (secondary N) is 2. The van der Waals surface area contributed by atoms with Crippen LogP contribution in [0.5, 0.6) is 0 Å². The second-order valence-corrected chi connectivity index (χ2v) is 15.8. The van der Waals surface area contributed by atoms with Crippen LogP contribution in [0, 0.1) is 11.8 Å². The third-order valence-corrected chi connectivity index (χ3v) is 10.2. The van der Waals surface area contributed by atoms with Crippen LogP contribution in [-0.4, -0.2) is 148 Å². The highest BCUT2D eigenvalue weighted by Crippen LogP contribution is 2.18. The zero-order valence-corrected chi connectivity index (χ0v) is 37.8. The molecule has 0 aromatic carbocycles. The molecule has 0 radical (unpaired) electrons. The lowest BCUT2D eigenvalue weighted by atomic mass is 9.89. The molecular weight excluding hydrogens is 826 g/mol. The molecule has 0 aliphatic carbocycles. The van der Waals surface area contributed by atoms with E-state index >= 15 is 0 Å². The summed E-state index contributed by atoms with van der Waals surface area (Å²) < 4.78 is 10.2. The lowest BCUT2D eigenvalue weighted by Gasteiger charge is -2.17. The molecule has 362 valence electrons. The number of hydroxylamine groups is 6. The molecule has 20 nitrogen and oxygen atoms in total. The van der Waals surface area contributed by atoms with Gasteiger partial charge in [0.05, 0.1) is 25.6 Å². The van der Waals surface area contributed by atoms with Crippen LogP contribution in [0.1, 0.15) is 149 Å². The smallest absolute Gasteiger partial charge is 0.304 e. The van der Waals surface area contributed by atoms with E-state index < -0.39 is 47.9 Å². The van der Waals surface area contributed by atoms with Gasteiger partial charge in [-0.2, -0.15) is 0 Å². The molecule has 63 heavy (non-hydrogen) atoms. The third kappa shape index (κ3) is 32.9. The van der Waals surface area contributed by atoms with E-state index in [0.717, 1.165) is 12.8 Å². The van der Waals surface area contributed by atoms with E-state index in [2.05, 4.69) is 10.6 Å². The van der Waals surface area contributed by atoms with Crippen LogP contribution >= 0.6 is 0 Å². The SMILES string of the molecule is COCCOCCCNC(=O)C(CC(=O)O)CC(=O)C(C)CC(=O)CCCCCCN(O)C(=O)CCC(=O)NCCCCCN(O)C(=O)CCC(=O)CCCCCCN(O)C(C)=O. The van der Waals surface area contributed by atoms with E-state index in [0.29, 0.717) is 112 Å². The third-order valence-electron chi connectivity index (χ3n) is 10.2. The van der Waals surface area contributed by atoms with Crippen molar-refractivity contribution in [3.05, 3.63) is 0 Å². The molecule has 0 fully saturated rings. The van der Waals surface area contributed by atoms with Gasteiger partial charge in [-0.05, 0) is 51.4 Å². The van der Waals surface area contributed by atoms with Gasteiger partial charge in [-0.25, -0.2) is 15.2 Å². The first-order valence-electron chi connectivity index (χ1n) is 22.3. The standard InChI is InChI=1S/C43H75N5O15/c1-33(38(52)31-35(32-42(56)57)43(58)45-23-15-27-63-29-28-62-3)30-37(51)17-10-5-7-13-25-48(61)41(55)21-19-39(53)44-22-11-8-14-26-47(60)40(54)20-18-36(50)16-9-4-6-12-24-46(59)34(2)49/h33,35,59-61H,4-32H2,1-3H3,(H,44,53)(H,45,58)(H,56,57). The summed E-state index contributed by atoms with van der Waals surface area (Å²) in [6, 6.07) is 0. The number of hydrogen-bond acceptors (Lipinski definition) is 14. The van der Waals surface area contributed by atoms with Crippen LogP contribution in [0.15, 0.2) is 0 Å². The number of unbranched alkanes of at least 4 members (excludes halogenated alkanes) is 8. The van der Waals surface area contributed by atoms with E-state index in [-0.39, 0.29) is 94.4 Å². The summed E-state index contributed by atoms with van der Waals surface area (Å²) in [7, 11) is 1.55. The summed E-state index contributed by atoms with van der Waals surface area (Å²) in [4.78, 5) is 109. The Kier molecular flexibility index (Phi) is 34.5. The minimum Gasteiger partial charge on any atom is -0.481 e. The van der Waals surface area contributed by atoms with Gasteiger partial charge in [-0.15, -0.1) is 0 Å². The van der Waals surface area contributed by atoms with Crippen molar-refractivity contribution in [2.45, 2.75) is 149 Å². The Morgan fingerprint density at radius 1 is 0.540 bits per heavy atom. The number of ketones is 3. The van der Waals surface area contributed by atoms with Crippen LogP contribution in [0.25, 0.3) is 0 Å². The number of hydrogen-bond donors (Lipinski definition) is 6. The fourth-order valence-electron chi connectivity index (χ4n) is 6.26. The van der Waals surface area contributed by atoms with Crippen molar-refractivity contribution in [1.29, 1.82) is 0 Å². The Labute approximate surface area is 371 Å². The van der Waals surface area contributed by atoms with Crippen molar-refractivity contribution in [1.82, 2.24) is 25.8 Å². The number of carboxylic acid groups (broad SMARTS) is 1. The summed E-state index contributed by atoms with van der Waals surface area (Å²) in [6.07, 6.45) is 6.59. The number of amides is 5. The minimum absolute atomic E-state index is 0.0235. The topological polar surface area (TPSA) is 287 Å². The normalized spacial score (nSPS) is 11.9. The zero-order chi connectivity index (χ0) is 47.4. The molecule has 0 rings (SSSR count). The number of aliphatic carboxylic acids is 1. The minimum atomic E-state index is -1.21. The molecule has 0 aromatic heterocycles. The molecule has 6 N–H and O–H groups in total. The van der Waals surface area contributed by atoms with Crippen molar-refractivity contribution in [3.63, 3.8) is 0 Å². The molecule has 0 bridgehead atoms. The van der Waals surface area contributed by atoms with Crippen molar-refractivity contribution < 1.29 is 73.4 Å². The van der Waals surface area contributed by atoms with Crippen LogP contribution in [-0.2, 0) is 52.6 Å². The van der Waals surface area contributed by atoms with Gasteiger partial charge in [0.25, 0.3) is 0 Å². The predicted molar refractivity (Wildman–Crippen MR) is 227 cm³/mol. The molecule has 2 atom stereocenters. The molecule has 0 aliphatic rings. The highest BCUT2D eigenvalue weighted by molar-refractivity contribution is 5.92. The number of ether oxygens (including phenoxy) is 2. The Morgan fingerprint density at radius 3 is 1.63 bits per heavy atom. The maximum Gasteiger partial charge on any atom is 0.304 e. The Balaban J connectivity index is 4.07. The lowest BCUT2D eigenvalue weighted by molar-refractivity contribution is -0.166. The second-order valence-electron chi connectivity index (χ2n) is 15.8. The fourth-order valence-corrected chi connectivity index (χ4v) is 6.26. The molecular formula is C43H75N5O15. The van der Waals surface area contributed by atoms with Crippen molar-refractivity contribution >= 4 is 52.9 Å². The Hall–Kier alpha value is -4.37. The van der Waals surface area contributed by atoms with Gasteiger partial charge in [-0.3, -0.25) is 58.8 Å². The molecule has 0 saturated heterocycles. The van der Waals surface area contributed by atoms with Gasteiger partial charge in [0.2, 0.25) is 29.5 Å². The predicted octanol–water partition coefficient (Wildman–Crippen LogP) is 3.79. The summed E-state index contributed by atoms with van der Waals surface area (Å²) >= 11 is 0. The first-order valence-corrected chi connectivity index (χ1v) is 22.3. The van der Waals surface area contributed by atoms with Crippen molar-refractivity contribution in [2.75, 3.05) is 59.7 Å². The molecule has 0 aromatic rings. The number of Topliss-reactive ketones (excluding diaryl/α,β-unsaturated/α-hetero) is 3. The van der Waals surface area contributed by atoms with Crippen molar-refractivity contribution in [3.8, 4) is 0 Å². The lowest BCUT2D eigenvalue weighted by Crippen LogP contribution is -2.35. The first-order chi connectivity index (χ1) is 30.0. The van der Waals surface area contributed by atoms with Gasteiger partial charge in [-0.1, -0.05) is 32.6 Å². The number of carbonyl (C=O) groups is 9. The van der Waals surface area contributed by atoms with Crippen LogP contribution in [0.4, 0.5) is 0 Å². The molecule has 0 saturated carbocycles. The number of nitrogens with zero attached hydrogens (tertiary/aromatic N) is 3. The monoisotopic (exact) mass is 902 g/mol. The van der Waals surface area contributed by atoms with Gasteiger partial charge < -0.3 is 25.2 Å². The summed E-state index contributed by atoms with van der Waals surface area (Å²) in [5.41, 5.74) is 0. The largest absolute Gasteiger partial charge is 0.481 e. The van der Waals surface area contributed by atoms with E-state index in [4.69, 9.17) is 9.47 Å². The van der Waals surface area contributed by atoms with Gasteiger partial charge >= 0.3 is 5.97 Å². The maximum atomic E-state index is 12.8. The summed E-state index contributed by atoms with van der Waals surface area (Å²) in [5.74, 6) is -5.96. The Bertz CT molecular complexity index is 1400. The van der Waals surface area contributed by atoms with Crippen LogP contribution < -0.4 is 10.6 Å². The molecule has 2 unspecified atom stereocenters. The quantitative estimate of drug-likeness (QED) is 0.0289. The number of carboxylic acids is 1. The average molecular weight is 902 g/mol. The van der Waals surface area contributed by atoms with Gasteiger partial charge in [0, 0.05) is 111 Å². The fraction of sp³-hybridized carbons (Fsp3) is 0.791. The van der Waals surface area contributed by atoms with Crippen LogP contribution in [0.2, 0.25) is 0 Å². The van der Waals surface area contributed by atoms with E-state index in [1.54, 1.807) is 14.0 Å².